The summed E-state index contributed by atoms with van der Waals surface area (Å²) in [5.74, 6) is 0.967. The van der Waals surface area contributed by atoms with Crippen molar-refractivity contribution in [2.24, 2.45) is 0 Å². The molecule has 88 valence electrons. The summed E-state index contributed by atoms with van der Waals surface area (Å²) in [5.41, 5.74) is 1.12. The maximum absolute atomic E-state index is 5.88. The smallest absolute Gasteiger partial charge is 0.120 e. The molecule has 0 aliphatic heterocycles. The first kappa shape index (κ1) is 13.0. The van der Waals surface area contributed by atoms with Crippen LogP contribution in [0.3, 0.4) is 0 Å². The Balaban J connectivity index is 3.07. The van der Waals surface area contributed by atoms with Gasteiger partial charge in [-0.2, -0.15) is 0 Å². The van der Waals surface area contributed by atoms with Crippen LogP contribution in [0.1, 0.15) is 26.3 Å². The Kier molecular flexibility index (Phi) is 3.97. The molecule has 1 nitrogen and oxygen atoms in total. The molecule has 1 aromatic rings. The summed E-state index contributed by atoms with van der Waals surface area (Å²) in [6.07, 6.45) is 1.93. The predicted octanol–water partition coefficient (Wildman–Crippen LogP) is 3.20. The third-order valence-corrected chi connectivity index (χ3v) is 4.07. The molecular formula is C14H22OSi. The third-order valence-electron chi connectivity index (χ3n) is 2.32. The van der Waals surface area contributed by atoms with Crippen LogP contribution in [0.15, 0.2) is 24.8 Å². The monoisotopic (exact) mass is 234 g/mol. The molecule has 0 radical (unpaired) electrons. The molecular weight excluding hydrogens is 212 g/mol. The van der Waals surface area contributed by atoms with Crippen LogP contribution in [0.5, 0.6) is 5.75 Å². The second-order valence-corrected chi connectivity index (χ2v) is 8.30. The molecule has 0 aromatic heterocycles. The van der Waals surface area contributed by atoms with Gasteiger partial charge in [0.1, 0.15) is 11.4 Å². The maximum Gasteiger partial charge on any atom is 0.120 e. The van der Waals surface area contributed by atoms with Crippen molar-refractivity contribution in [2.75, 3.05) is 0 Å². The molecule has 0 saturated carbocycles. The number of hydrogen-bond acceptors (Lipinski definition) is 1. The first-order chi connectivity index (χ1) is 7.33. The van der Waals surface area contributed by atoms with Crippen LogP contribution in [-0.4, -0.2) is 14.4 Å². The van der Waals surface area contributed by atoms with E-state index in [1.807, 2.05) is 12.1 Å². The lowest BCUT2D eigenvalue weighted by Crippen LogP contribution is -2.28. The Morgan fingerprint density at radius 3 is 2.31 bits per heavy atom. The normalized spacial score (nSPS) is 11.6. The SMILES string of the molecule is C=Cc1ccc(OC(C)(C)C)cc1[SiH](C)C. The second-order valence-electron chi connectivity index (χ2n) is 5.36. The molecule has 0 atom stereocenters. The minimum Gasteiger partial charge on any atom is -0.488 e. The summed E-state index contributed by atoms with van der Waals surface area (Å²) in [4.78, 5) is 0. The van der Waals surface area contributed by atoms with Crippen molar-refractivity contribution in [3.63, 3.8) is 0 Å². The van der Waals surface area contributed by atoms with Gasteiger partial charge in [-0.1, -0.05) is 37.0 Å². The molecule has 1 aromatic carbocycles. The van der Waals surface area contributed by atoms with E-state index in [0.717, 1.165) is 5.75 Å². The Morgan fingerprint density at radius 2 is 1.88 bits per heavy atom. The van der Waals surface area contributed by atoms with Crippen LogP contribution in [0.4, 0.5) is 0 Å². The molecule has 1 rings (SSSR count). The van der Waals surface area contributed by atoms with E-state index in [4.69, 9.17) is 4.74 Å². The van der Waals surface area contributed by atoms with Gasteiger partial charge in [-0.15, -0.1) is 0 Å². The number of hydrogen-bond donors (Lipinski definition) is 0. The summed E-state index contributed by atoms with van der Waals surface area (Å²) < 4.78 is 5.88. The van der Waals surface area contributed by atoms with Crippen molar-refractivity contribution in [1.82, 2.24) is 0 Å². The average Bonchev–Trinajstić information content (AvgIpc) is 2.15. The Morgan fingerprint density at radius 1 is 1.25 bits per heavy atom. The summed E-state index contributed by atoms with van der Waals surface area (Å²) in [5, 5.41) is 1.43. The Bertz CT molecular complexity index is 375. The highest BCUT2D eigenvalue weighted by atomic mass is 28.3. The fourth-order valence-corrected chi connectivity index (χ4v) is 3.03. The van der Waals surface area contributed by atoms with Gasteiger partial charge < -0.3 is 4.74 Å². The van der Waals surface area contributed by atoms with Gasteiger partial charge >= 0.3 is 0 Å². The molecule has 0 spiro atoms. The van der Waals surface area contributed by atoms with Gasteiger partial charge in [0.2, 0.25) is 0 Å². The molecule has 0 aliphatic carbocycles. The van der Waals surface area contributed by atoms with E-state index < -0.39 is 8.80 Å². The molecule has 0 bridgehead atoms. The van der Waals surface area contributed by atoms with Crippen molar-refractivity contribution < 1.29 is 4.74 Å². The topological polar surface area (TPSA) is 9.23 Å². The lowest BCUT2D eigenvalue weighted by Gasteiger charge is -2.22. The zero-order chi connectivity index (χ0) is 12.3. The quantitative estimate of drug-likeness (QED) is 0.730. The van der Waals surface area contributed by atoms with Gasteiger partial charge in [0, 0.05) is 0 Å². The molecule has 0 saturated heterocycles. The standard InChI is InChI=1S/C14H22OSi/c1-7-11-8-9-12(15-14(2,3)4)10-13(11)16(5)6/h7-10,16H,1H2,2-6H3. The zero-order valence-electron chi connectivity index (χ0n) is 11.0. The fraction of sp³-hybridized carbons (Fsp3) is 0.429. The molecule has 0 aliphatic rings. The highest BCUT2D eigenvalue weighted by Gasteiger charge is 2.13. The lowest BCUT2D eigenvalue weighted by molar-refractivity contribution is 0.131. The maximum atomic E-state index is 5.88. The van der Waals surface area contributed by atoms with Gasteiger partial charge in [0.25, 0.3) is 0 Å². The van der Waals surface area contributed by atoms with E-state index >= 15 is 0 Å². The highest BCUT2D eigenvalue weighted by molar-refractivity contribution is 6.71. The molecule has 0 heterocycles. The minimum absolute atomic E-state index is 0.133. The van der Waals surface area contributed by atoms with Crippen LogP contribution in [-0.2, 0) is 0 Å². The first-order valence-electron chi connectivity index (χ1n) is 5.79. The van der Waals surface area contributed by atoms with Crippen LogP contribution in [0.25, 0.3) is 6.08 Å². The van der Waals surface area contributed by atoms with E-state index in [-0.39, 0.29) is 5.60 Å². The molecule has 16 heavy (non-hydrogen) atoms. The van der Waals surface area contributed by atoms with E-state index in [0.29, 0.717) is 0 Å². The van der Waals surface area contributed by atoms with Gasteiger partial charge in [-0.25, -0.2) is 0 Å². The van der Waals surface area contributed by atoms with Crippen molar-refractivity contribution in [3.8, 4) is 5.75 Å². The number of benzene rings is 1. The van der Waals surface area contributed by atoms with Crippen molar-refractivity contribution >= 4 is 20.1 Å². The summed E-state index contributed by atoms with van der Waals surface area (Å²) >= 11 is 0. The predicted molar refractivity (Wildman–Crippen MR) is 75.4 cm³/mol. The van der Waals surface area contributed by atoms with Crippen LogP contribution in [0, 0.1) is 0 Å². The average molecular weight is 234 g/mol. The van der Waals surface area contributed by atoms with E-state index in [1.54, 1.807) is 0 Å². The second kappa shape index (κ2) is 4.87. The summed E-state index contributed by atoms with van der Waals surface area (Å²) in [6.45, 7) is 14.7. The van der Waals surface area contributed by atoms with Crippen LogP contribution < -0.4 is 9.92 Å². The third kappa shape index (κ3) is 3.53. The van der Waals surface area contributed by atoms with Crippen LogP contribution >= 0.6 is 0 Å². The number of ether oxygens (including phenoxy) is 1. The van der Waals surface area contributed by atoms with E-state index in [1.165, 1.54) is 10.8 Å². The Hall–Kier alpha value is -1.02. The largest absolute Gasteiger partial charge is 0.488 e. The van der Waals surface area contributed by atoms with Gasteiger partial charge in [0.15, 0.2) is 0 Å². The van der Waals surface area contributed by atoms with E-state index in [9.17, 15) is 0 Å². The molecule has 0 amide bonds. The highest BCUT2D eigenvalue weighted by Crippen LogP contribution is 2.18. The molecule has 0 unspecified atom stereocenters. The molecule has 2 heteroatoms. The molecule has 0 fully saturated rings. The van der Waals surface area contributed by atoms with Gasteiger partial charge in [-0.05, 0) is 38.5 Å². The van der Waals surface area contributed by atoms with Crippen molar-refractivity contribution in [3.05, 3.63) is 30.3 Å². The van der Waals surface area contributed by atoms with Crippen LogP contribution in [0.2, 0.25) is 13.1 Å². The van der Waals surface area contributed by atoms with Crippen molar-refractivity contribution in [2.45, 2.75) is 39.5 Å². The minimum atomic E-state index is -0.833. The summed E-state index contributed by atoms with van der Waals surface area (Å²) in [6, 6.07) is 6.32. The van der Waals surface area contributed by atoms with Gasteiger partial charge in [-0.3, -0.25) is 0 Å². The van der Waals surface area contributed by atoms with Crippen molar-refractivity contribution in [1.29, 1.82) is 0 Å². The Labute approximate surface area is 101 Å². The fourth-order valence-electron chi connectivity index (χ4n) is 1.66. The lowest BCUT2D eigenvalue weighted by atomic mass is 10.1. The van der Waals surface area contributed by atoms with Gasteiger partial charge in [0.05, 0.1) is 8.80 Å². The first-order valence-corrected chi connectivity index (χ1v) is 8.67. The van der Waals surface area contributed by atoms with E-state index in [2.05, 4.69) is 52.6 Å². The zero-order valence-corrected chi connectivity index (χ0v) is 12.2. The summed E-state index contributed by atoms with van der Waals surface area (Å²) in [7, 11) is -0.833. The number of rotatable bonds is 3. The molecule has 0 N–H and O–H groups in total.